The van der Waals surface area contributed by atoms with Crippen molar-refractivity contribution in [2.75, 3.05) is 5.32 Å². The molecular formula is C13H20N4O. The molecule has 2 amide bonds. The summed E-state index contributed by atoms with van der Waals surface area (Å²) in [5, 5.41) is 9.47. The second kappa shape index (κ2) is 4.63. The van der Waals surface area contributed by atoms with Crippen molar-refractivity contribution < 1.29 is 4.79 Å². The number of aromatic amines is 1. The first-order chi connectivity index (χ1) is 8.75. The first-order valence-corrected chi connectivity index (χ1v) is 6.84. The molecule has 0 bridgehead atoms. The van der Waals surface area contributed by atoms with Gasteiger partial charge in [0.25, 0.3) is 0 Å². The minimum atomic E-state index is 0.0262. The standard InChI is InChI=1S/C13H20N4O/c1-9-6-10-4-2-3-5-12(10)17(9)13(18)16-11-7-14-15-8-11/h7-10,12H,2-6H2,1H3,(H,14,15)(H,16,18)/t9-,10+,12-/m1/s1. The summed E-state index contributed by atoms with van der Waals surface area (Å²) in [5.74, 6) is 0.712. The van der Waals surface area contributed by atoms with E-state index in [2.05, 4.69) is 27.3 Å². The predicted octanol–water partition coefficient (Wildman–Crippen LogP) is 2.59. The quantitative estimate of drug-likeness (QED) is 0.802. The number of nitrogens with one attached hydrogen (secondary N) is 2. The lowest BCUT2D eigenvalue weighted by Crippen LogP contribution is -2.44. The van der Waals surface area contributed by atoms with Crippen molar-refractivity contribution in [3.05, 3.63) is 12.4 Å². The first-order valence-electron chi connectivity index (χ1n) is 6.84. The lowest BCUT2D eigenvalue weighted by Gasteiger charge is -2.33. The molecule has 1 aromatic heterocycles. The Hall–Kier alpha value is -1.52. The minimum absolute atomic E-state index is 0.0262. The van der Waals surface area contributed by atoms with Gasteiger partial charge in [0.2, 0.25) is 0 Å². The summed E-state index contributed by atoms with van der Waals surface area (Å²) in [5.41, 5.74) is 0.742. The summed E-state index contributed by atoms with van der Waals surface area (Å²) in [6, 6.07) is 0.823. The van der Waals surface area contributed by atoms with E-state index in [0.29, 0.717) is 18.0 Å². The fourth-order valence-electron chi connectivity index (χ4n) is 3.57. The number of rotatable bonds is 1. The molecule has 1 aliphatic carbocycles. The number of carbonyl (C=O) groups excluding carboxylic acids is 1. The van der Waals surface area contributed by atoms with E-state index < -0.39 is 0 Å². The van der Waals surface area contributed by atoms with Crippen LogP contribution in [0.5, 0.6) is 0 Å². The molecular weight excluding hydrogens is 228 g/mol. The molecule has 18 heavy (non-hydrogen) atoms. The third kappa shape index (κ3) is 1.98. The molecule has 2 fully saturated rings. The van der Waals surface area contributed by atoms with Crippen molar-refractivity contribution in [1.82, 2.24) is 15.1 Å². The number of aromatic nitrogens is 2. The molecule has 0 spiro atoms. The SMILES string of the molecule is C[C@@H]1C[C@@H]2CCCC[C@H]2N1C(=O)Nc1cn[nH]c1. The summed E-state index contributed by atoms with van der Waals surface area (Å²) in [7, 11) is 0. The maximum Gasteiger partial charge on any atom is 0.322 e. The molecule has 1 saturated heterocycles. The monoisotopic (exact) mass is 248 g/mol. The second-order valence-corrected chi connectivity index (χ2v) is 5.52. The van der Waals surface area contributed by atoms with E-state index in [1.807, 2.05) is 0 Å². The molecule has 1 saturated carbocycles. The van der Waals surface area contributed by atoms with Gasteiger partial charge in [-0.1, -0.05) is 12.8 Å². The van der Waals surface area contributed by atoms with Gasteiger partial charge in [-0.05, 0) is 32.1 Å². The van der Waals surface area contributed by atoms with E-state index in [1.165, 1.54) is 19.3 Å². The van der Waals surface area contributed by atoms with E-state index in [9.17, 15) is 4.79 Å². The van der Waals surface area contributed by atoms with Crippen LogP contribution in [0, 0.1) is 5.92 Å². The smallest absolute Gasteiger partial charge is 0.319 e. The van der Waals surface area contributed by atoms with E-state index >= 15 is 0 Å². The molecule has 3 atom stereocenters. The number of urea groups is 1. The summed E-state index contributed by atoms with van der Waals surface area (Å²) in [6.07, 6.45) is 9.52. The molecule has 5 heteroatoms. The zero-order valence-corrected chi connectivity index (χ0v) is 10.7. The molecule has 5 nitrogen and oxygen atoms in total. The summed E-state index contributed by atoms with van der Waals surface area (Å²) in [6.45, 7) is 2.16. The Balaban J connectivity index is 1.72. The van der Waals surface area contributed by atoms with Gasteiger partial charge >= 0.3 is 6.03 Å². The molecule has 2 aliphatic rings. The highest BCUT2D eigenvalue weighted by molar-refractivity contribution is 5.89. The Labute approximate surface area is 107 Å². The Morgan fingerprint density at radius 3 is 3.11 bits per heavy atom. The van der Waals surface area contributed by atoms with Gasteiger partial charge in [-0.25, -0.2) is 4.79 Å². The number of anilines is 1. The molecule has 3 rings (SSSR count). The maximum absolute atomic E-state index is 12.4. The van der Waals surface area contributed by atoms with E-state index in [4.69, 9.17) is 0 Å². The van der Waals surface area contributed by atoms with Crippen molar-refractivity contribution >= 4 is 11.7 Å². The minimum Gasteiger partial charge on any atom is -0.319 e. The second-order valence-electron chi connectivity index (χ2n) is 5.52. The topological polar surface area (TPSA) is 61.0 Å². The fraction of sp³-hybridized carbons (Fsp3) is 0.692. The average molecular weight is 248 g/mol. The molecule has 98 valence electrons. The molecule has 0 unspecified atom stereocenters. The maximum atomic E-state index is 12.4. The van der Waals surface area contributed by atoms with E-state index in [1.54, 1.807) is 12.4 Å². The van der Waals surface area contributed by atoms with Gasteiger partial charge in [0.15, 0.2) is 0 Å². The molecule has 1 aliphatic heterocycles. The molecule has 0 aromatic carbocycles. The normalized spacial score (nSPS) is 31.2. The fourth-order valence-corrected chi connectivity index (χ4v) is 3.57. The average Bonchev–Trinajstić information content (AvgIpc) is 2.94. The van der Waals surface area contributed by atoms with E-state index in [0.717, 1.165) is 18.5 Å². The number of hydrogen-bond donors (Lipinski definition) is 2. The summed E-state index contributed by atoms with van der Waals surface area (Å²) >= 11 is 0. The number of nitrogens with zero attached hydrogens (tertiary/aromatic N) is 2. The lowest BCUT2D eigenvalue weighted by atomic mass is 9.85. The first kappa shape index (κ1) is 11.6. The van der Waals surface area contributed by atoms with Crippen LogP contribution in [0.15, 0.2) is 12.4 Å². The highest BCUT2D eigenvalue weighted by Gasteiger charge is 2.42. The van der Waals surface area contributed by atoms with Crippen molar-refractivity contribution in [2.24, 2.45) is 5.92 Å². The Morgan fingerprint density at radius 2 is 2.33 bits per heavy atom. The highest BCUT2D eigenvalue weighted by atomic mass is 16.2. The van der Waals surface area contributed by atoms with Crippen molar-refractivity contribution in [3.8, 4) is 0 Å². The van der Waals surface area contributed by atoms with Crippen LogP contribution in [0.25, 0.3) is 0 Å². The van der Waals surface area contributed by atoms with Crippen molar-refractivity contribution in [1.29, 1.82) is 0 Å². The largest absolute Gasteiger partial charge is 0.322 e. The number of amides is 2. The number of hydrogen-bond acceptors (Lipinski definition) is 2. The molecule has 0 radical (unpaired) electrons. The summed E-state index contributed by atoms with van der Waals surface area (Å²) < 4.78 is 0. The van der Waals surface area contributed by atoms with Gasteiger partial charge in [-0.3, -0.25) is 5.10 Å². The van der Waals surface area contributed by atoms with Gasteiger partial charge < -0.3 is 10.2 Å². The molecule has 2 heterocycles. The Kier molecular flexibility index (Phi) is 2.97. The van der Waals surface area contributed by atoms with Gasteiger partial charge in [-0.15, -0.1) is 0 Å². The Bertz CT molecular complexity index is 417. The van der Waals surface area contributed by atoms with Crippen LogP contribution in [0.1, 0.15) is 39.0 Å². The highest BCUT2D eigenvalue weighted by Crippen LogP contribution is 2.39. The number of carbonyl (C=O) groups is 1. The van der Waals surface area contributed by atoms with Gasteiger partial charge in [0, 0.05) is 18.3 Å². The summed E-state index contributed by atoms with van der Waals surface area (Å²) in [4.78, 5) is 14.4. The van der Waals surface area contributed by atoms with Crippen LogP contribution in [-0.2, 0) is 0 Å². The number of fused-ring (bicyclic) bond motifs is 1. The van der Waals surface area contributed by atoms with Crippen molar-refractivity contribution in [2.45, 2.75) is 51.1 Å². The van der Waals surface area contributed by atoms with E-state index in [-0.39, 0.29) is 6.03 Å². The van der Waals surface area contributed by atoms with Crippen LogP contribution in [0.2, 0.25) is 0 Å². The van der Waals surface area contributed by atoms with Crippen LogP contribution in [0.3, 0.4) is 0 Å². The van der Waals surface area contributed by atoms with Crippen molar-refractivity contribution in [3.63, 3.8) is 0 Å². The lowest BCUT2D eigenvalue weighted by molar-refractivity contribution is 0.168. The molecule has 2 N–H and O–H groups in total. The van der Waals surface area contributed by atoms with Crippen LogP contribution < -0.4 is 5.32 Å². The number of H-pyrrole nitrogens is 1. The zero-order chi connectivity index (χ0) is 12.5. The zero-order valence-electron chi connectivity index (χ0n) is 10.7. The Morgan fingerprint density at radius 1 is 1.50 bits per heavy atom. The van der Waals surface area contributed by atoms with Crippen LogP contribution in [0.4, 0.5) is 10.5 Å². The third-order valence-electron chi connectivity index (χ3n) is 4.33. The molecule has 1 aromatic rings. The third-order valence-corrected chi connectivity index (χ3v) is 4.33. The predicted molar refractivity (Wildman–Crippen MR) is 69.3 cm³/mol. The van der Waals surface area contributed by atoms with Crippen LogP contribution >= 0.6 is 0 Å². The number of likely N-dealkylation sites (tertiary alicyclic amines) is 1. The van der Waals surface area contributed by atoms with Gasteiger partial charge in [0.1, 0.15) is 0 Å². The van der Waals surface area contributed by atoms with Gasteiger partial charge in [-0.2, -0.15) is 5.10 Å². The van der Waals surface area contributed by atoms with Gasteiger partial charge in [0.05, 0.1) is 11.9 Å². The van der Waals surface area contributed by atoms with Crippen LogP contribution in [-0.4, -0.2) is 33.2 Å².